The Morgan fingerprint density at radius 1 is 1.42 bits per heavy atom. The average Bonchev–Trinajstić information content (AvgIpc) is 2.59. The molecule has 0 fully saturated rings. The highest BCUT2D eigenvalue weighted by molar-refractivity contribution is 6.34. The first-order valence-electron chi connectivity index (χ1n) is 5.57. The lowest BCUT2D eigenvalue weighted by molar-refractivity contribution is 0.0992. The zero-order valence-corrected chi connectivity index (χ0v) is 11.9. The molecule has 0 radical (unpaired) electrons. The van der Waals surface area contributed by atoms with Crippen LogP contribution < -0.4 is 0 Å². The van der Waals surface area contributed by atoms with Gasteiger partial charge in [-0.25, -0.2) is 4.39 Å². The maximum absolute atomic E-state index is 13.3. The normalized spacial score (nSPS) is 10.8. The van der Waals surface area contributed by atoms with E-state index in [-0.39, 0.29) is 22.8 Å². The summed E-state index contributed by atoms with van der Waals surface area (Å²) in [5.41, 5.74) is 1.46. The molecule has 0 atom stereocenters. The summed E-state index contributed by atoms with van der Waals surface area (Å²) in [6.45, 7) is 1.77. The van der Waals surface area contributed by atoms with Crippen molar-refractivity contribution < 1.29 is 9.18 Å². The number of carbonyl (C=O) groups is 1. The number of Topliss-reactive ketones (excluding diaryl/α,β-unsaturated/α-hetero) is 1. The summed E-state index contributed by atoms with van der Waals surface area (Å²) in [5, 5.41) is 4.36. The molecule has 2 aromatic rings. The quantitative estimate of drug-likeness (QED) is 0.812. The highest BCUT2D eigenvalue weighted by Gasteiger charge is 2.19. The molecule has 100 valence electrons. The van der Waals surface area contributed by atoms with E-state index in [0.29, 0.717) is 16.4 Å². The second-order valence-corrected chi connectivity index (χ2v) is 4.92. The van der Waals surface area contributed by atoms with Crippen molar-refractivity contribution in [2.75, 3.05) is 0 Å². The van der Waals surface area contributed by atoms with Crippen LogP contribution in [-0.2, 0) is 13.5 Å². The van der Waals surface area contributed by atoms with E-state index in [1.807, 2.05) is 0 Å². The number of rotatable bonds is 3. The summed E-state index contributed by atoms with van der Waals surface area (Å²) >= 11 is 11.8. The van der Waals surface area contributed by atoms with Gasteiger partial charge >= 0.3 is 0 Å². The van der Waals surface area contributed by atoms with Crippen molar-refractivity contribution in [2.24, 2.45) is 7.05 Å². The van der Waals surface area contributed by atoms with Crippen LogP contribution in [0.2, 0.25) is 10.2 Å². The molecular weight excluding hydrogens is 290 g/mol. The molecule has 19 heavy (non-hydrogen) atoms. The summed E-state index contributed by atoms with van der Waals surface area (Å²) in [7, 11) is 1.69. The highest BCUT2D eigenvalue weighted by atomic mass is 35.5. The molecule has 0 aliphatic heterocycles. The summed E-state index contributed by atoms with van der Waals surface area (Å²) in [4.78, 5) is 12.2. The zero-order valence-electron chi connectivity index (χ0n) is 10.4. The van der Waals surface area contributed by atoms with Crippen LogP contribution in [0.1, 0.15) is 21.6 Å². The summed E-state index contributed by atoms with van der Waals surface area (Å²) in [6, 6.07) is 4.15. The Kier molecular flexibility index (Phi) is 3.92. The number of nitrogens with zero attached hydrogens (tertiary/aromatic N) is 2. The van der Waals surface area contributed by atoms with Gasteiger partial charge in [0.2, 0.25) is 0 Å². The van der Waals surface area contributed by atoms with Gasteiger partial charge in [0.25, 0.3) is 0 Å². The topological polar surface area (TPSA) is 34.9 Å². The van der Waals surface area contributed by atoms with E-state index in [0.717, 1.165) is 0 Å². The predicted molar refractivity (Wildman–Crippen MR) is 72.4 cm³/mol. The van der Waals surface area contributed by atoms with Gasteiger partial charge < -0.3 is 0 Å². The minimum atomic E-state index is -0.610. The Bertz CT molecular complexity index is 652. The van der Waals surface area contributed by atoms with Crippen molar-refractivity contribution in [1.82, 2.24) is 9.78 Å². The smallest absolute Gasteiger partial charge is 0.169 e. The minimum absolute atomic E-state index is 0.0433. The maximum atomic E-state index is 13.3. The molecular formula is C13H11Cl2FN2O. The summed E-state index contributed by atoms with van der Waals surface area (Å²) < 4.78 is 14.8. The molecule has 1 aromatic carbocycles. The first kappa shape index (κ1) is 14.0. The minimum Gasteiger partial charge on any atom is -0.294 e. The standard InChI is InChI=1S/C13H11Cl2FN2O/c1-7-9(13(15)18(2)17-7)6-11(19)8-4-3-5-10(16)12(8)14/h3-5H,6H2,1-2H3. The van der Waals surface area contributed by atoms with Gasteiger partial charge in [0, 0.05) is 24.6 Å². The molecule has 0 aliphatic carbocycles. The van der Waals surface area contributed by atoms with Gasteiger partial charge in [-0.3, -0.25) is 9.48 Å². The van der Waals surface area contributed by atoms with Crippen LogP contribution in [0.25, 0.3) is 0 Å². The summed E-state index contributed by atoms with van der Waals surface area (Å²) in [5.74, 6) is -0.899. The van der Waals surface area contributed by atoms with Crippen LogP contribution in [0.4, 0.5) is 4.39 Å². The Hall–Kier alpha value is -1.39. The van der Waals surface area contributed by atoms with Gasteiger partial charge in [-0.2, -0.15) is 5.10 Å². The molecule has 0 N–H and O–H groups in total. The van der Waals surface area contributed by atoms with Crippen LogP contribution in [0.5, 0.6) is 0 Å². The largest absolute Gasteiger partial charge is 0.294 e. The second-order valence-electron chi connectivity index (χ2n) is 4.18. The lowest BCUT2D eigenvalue weighted by atomic mass is 10.0. The van der Waals surface area contributed by atoms with Crippen LogP contribution >= 0.6 is 23.2 Å². The van der Waals surface area contributed by atoms with Crippen molar-refractivity contribution >= 4 is 29.0 Å². The van der Waals surface area contributed by atoms with E-state index in [4.69, 9.17) is 23.2 Å². The number of aromatic nitrogens is 2. The number of aryl methyl sites for hydroxylation is 2. The molecule has 1 aromatic heterocycles. The number of carbonyl (C=O) groups excluding carboxylic acids is 1. The number of halogens is 3. The molecule has 0 saturated heterocycles. The van der Waals surface area contributed by atoms with E-state index in [1.54, 1.807) is 14.0 Å². The third-order valence-electron chi connectivity index (χ3n) is 2.86. The molecule has 0 spiro atoms. The lowest BCUT2D eigenvalue weighted by Gasteiger charge is -2.04. The first-order chi connectivity index (χ1) is 8.91. The van der Waals surface area contributed by atoms with Gasteiger partial charge in [-0.15, -0.1) is 0 Å². The van der Waals surface area contributed by atoms with Crippen molar-refractivity contribution in [3.63, 3.8) is 0 Å². The fraction of sp³-hybridized carbons (Fsp3) is 0.231. The highest BCUT2D eigenvalue weighted by Crippen LogP contribution is 2.24. The molecule has 0 aliphatic rings. The fourth-order valence-corrected chi connectivity index (χ4v) is 2.32. The van der Waals surface area contributed by atoms with Gasteiger partial charge in [0.1, 0.15) is 11.0 Å². The van der Waals surface area contributed by atoms with Gasteiger partial charge in [0.05, 0.1) is 10.7 Å². The third-order valence-corrected chi connectivity index (χ3v) is 3.72. The third kappa shape index (κ3) is 2.65. The van der Waals surface area contributed by atoms with E-state index in [9.17, 15) is 9.18 Å². The van der Waals surface area contributed by atoms with E-state index in [2.05, 4.69) is 5.10 Å². The Morgan fingerprint density at radius 3 is 2.68 bits per heavy atom. The van der Waals surface area contributed by atoms with E-state index in [1.165, 1.54) is 22.9 Å². The molecule has 2 rings (SSSR count). The van der Waals surface area contributed by atoms with E-state index < -0.39 is 5.82 Å². The Labute approximate surface area is 119 Å². The van der Waals surface area contributed by atoms with E-state index >= 15 is 0 Å². The van der Waals surface area contributed by atoms with Crippen molar-refractivity contribution in [3.05, 3.63) is 51.0 Å². The Balaban J connectivity index is 2.34. The maximum Gasteiger partial charge on any atom is 0.169 e. The molecule has 0 saturated carbocycles. The monoisotopic (exact) mass is 300 g/mol. The summed E-state index contributed by atoms with van der Waals surface area (Å²) in [6.07, 6.45) is 0.0433. The molecule has 3 nitrogen and oxygen atoms in total. The van der Waals surface area contributed by atoms with Crippen LogP contribution in [0.3, 0.4) is 0 Å². The van der Waals surface area contributed by atoms with Crippen molar-refractivity contribution in [1.29, 1.82) is 0 Å². The van der Waals surface area contributed by atoms with Gasteiger partial charge in [-0.1, -0.05) is 29.3 Å². The number of benzene rings is 1. The van der Waals surface area contributed by atoms with Crippen molar-refractivity contribution in [2.45, 2.75) is 13.3 Å². The number of hydrogen-bond acceptors (Lipinski definition) is 2. The molecule has 0 bridgehead atoms. The molecule has 0 unspecified atom stereocenters. The van der Waals surface area contributed by atoms with Gasteiger partial charge in [-0.05, 0) is 19.1 Å². The second kappa shape index (κ2) is 5.31. The predicted octanol–water partition coefficient (Wildman–Crippen LogP) is 3.60. The fourth-order valence-electron chi connectivity index (χ4n) is 1.85. The first-order valence-corrected chi connectivity index (χ1v) is 6.32. The molecule has 1 heterocycles. The van der Waals surface area contributed by atoms with Crippen molar-refractivity contribution in [3.8, 4) is 0 Å². The average molecular weight is 301 g/mol. The number of hydrogen-bond donors (Lipinski definition) is 0. The number of ketones is 1. The van der Waals surface area contributed by atoms with Gasteiger partial charge in [0.15, 0.2) is 5.78 Å². The molecule has 0 amide bonds. The van der Waals surface area contributed by atoms with Crippen LogP contribution in [-0.4, -0.2) is 15.6 Å². The zero-order chi connectivity index (χ0) is 14.2. The SMILES string of the molecule is Cc1nn(C)c(Cl)c1CC(=O)c1cccc(F)c1Cl. The Morgan fingerprint density at radius 2 is 2.11 bits per heavy atom. The molecule has 6 heteroatoms. The van der Waals surface area contributed by atoms with Crippen LogP contribution in [0, 0.1) is 12.7 Å². The van der Waals surface area contributed by atoms with Crippen LogP contribution in [0.15, 0.2) is 18.2 Å². The lowest BCUT2D eigenvalue weighted by Crippen LogP contribution is -2.06.